The SMILES string of the molecule is CCCC/C=C(\c1ccc(Cl)cc1)C(C(=O)OC)C(=O)OC. The van der Waals surface area contributed by atoms with Gasteiger partial charge in [-0.05, 0) is 29.7 Å². The summed E-state index contributed by atoms with van der Waals surface area (Å²) >= 11 is 5.90. The molecule has 0 bridgehead atoms. The highest BCUT2D eigenvalue weighted by Crippen LogP contribution is 2.28. The highest BCUT2D eigenvalue weighted by atomic mass is 35.5. The lowest BCUT2D eigenvalue weighted by Crippen LogP contribution is -2.27. The van der Waals surface area contributed by atoms with Crippen LogP contribution >= 0.6 is 11.6 Å². The molecule has 0 saturated heterocycles. The summed E-state index contributed by atoms with van der Waals surface area (Å²) in [5, 5.41) is 0.587. The number of carbonyl (C=O) groups is 2. The summed E-state index contributed by atoms with van der Waals surface area (Å²) in [6, 6.07) is 6.99. The summed E-state index contributed by atoms with van der Waals surface area (Å²) < 4.78 is 9.52. The van der Waals surface area contributed by atoms with Crippen LogP contribution < -0.4 is 0 Å². The van der Waals surface area contributed by atoms with Crippen molar-refractivity contribution in [2.24, 2.45) is 5.92 Å². The van der Waals surface area contributed by atoms with Crippen molar-refractivity contribution in [3.63, 3.8) is 0 Å². The van der Waals surface area contributed by atoms with Crippen LogP contribution in [0.1, 0.15) is 31.7 Å². The van der Waals surface area contributed by atoms with Crippen molar-refractivity contribution in [1.82, 2.24) is 0 Å². The highest BCUT2D eigenvalue weighted by molar-refractivity contribution is 6.30. The second kappa shape index (κ2) is 9.26. The molecule has 0 amide bonds. The minimum absolute atomic E-state index is 0.587. The summed E-state index contributed by atoms with van der Waals surface area (Å²) in [6.07, 6.45) is 4.64. The third kappa shape index (κ3) is 4.88. The van der Waals surface area contributed by atoms with Crippen LogP contribution in [-0.2, 0) is 19.1 Å². The van der Waals surface area contributed by atoms with E-state index in [0.717, 1.165) is 24.8 Å². The van der Waals surface area contributed by atoms with Gasteiger partial charge in [0.25, 0.3) is 0 Å². The monoisotopic (exact) mass is 324 g/mol. The van der Waals surface area contributed by atoms with E-state index in [1.165, 1.54) is 14.2 Å². The normalized spacial score (nSPS) is 11.4. The van der Waals surface area contributed by atoms with Crippen molar-refractivity contribution >= 4 is 29.1 Å². The van der Waals surface area contributed by atoms with Gasteiger partial charge in [0.05, 0.1) is 14.2 Å². The van der Waals surface area contributed by atoms with Crippen molar-refractivity contribution in [3.05, 3.63) is 40.9 Å². The van der Waals surface area contributed by atoms with E-state index >= 15 is 0 Å². The maximum absolute atomic E-state index is 12.0. The maximum atomic E-state index is 12.0. The first kappa shape index (κ1) is 18.2. The lowest BCUT2D eigenvalue weighted by atomic mass is 9.91. The van der Waals surface area contributed by atoms with Gasteiger partial charge >= 0.3 is 11.9 Å². The molecule has 0 aliphatic carbocycles. The van der Waals surface area contributed by atoms with Crippen LogP contribution in [0.3, 0.4) is 0 Å². The van der Waals surface area contributed by atoms with Gasteiger partial charge in [-0.25, -0.2) is 0 Å². The van der Waals surface area contributed by atoms with E-state index < -0.39 is 17.9 Å². The number of benzene rings is 1. The van der Waals surface area contributed by atoms with Gasteiger partial charge < -0.3 is 9.47 Å². The summed E-state index contributed by atoms with van der Waals surface area (Å²) in [6.45, 7) is 2.08. The lowest BCUT2D eigenvalue weighted by Gasteiger charge is -2.17. The van der Waals surface area contributed by atoms with Gasteiger partial charge in [0.15, 0.2) is 5.92 Å². The molecule has 0 saturated carbocycles. The minimum atomic E-state index is -1.09. The fraction of sp³-hybridized carbons (Fsp3) is 0.412. The van der Waals surface area contributed by atoms with Crippen molar-refractivity contribution in [3.8, 4) is 0 Å². The van der Waals surface area contributed by atoms with E-state index in [-0.39, 0.29) is 0 Å². The molecule has 0 N–H and O–H groups in total. The molecule has 0 atom stereocenters. The van der Waals surface area contributed by atoms with Gasteiger partial charge in [0.2, 0.25) is 0 Å². The average molecular weight is 325 g/mol. The molecule has 120 valence electrons. The smallest absolute Gasteiger partial charge is 0.324 e. The fourth-order valence-electron chi connectivity index (χ4n) is 2.09. The molecule has 0 spiro atoms. The Kier molecular flexibility index (Phi) is 7.67. The van der Waals surface area contributed by atoms with Gasteiger partial charge in [0, 0.05) is 5.02 Å². The van der Waals surface area contributed by atoms with E-state index in [1.54, 1.807) is 24.3 Å². The van der Waals surface area contributed by atoms with Crippen molar-refractivity contribution < 1.29 is 19.1 Å². The van der Waals surface area contributed by atoms with Crippen LogP contribution in [0.4, 0.5) is 0 Å². The first-order chi connectivity index (χ1) is 10.5. The predicted molar refractivity (Wildman–Crippen MR) is 86.5 cm³/mol. The number of rotatable bonds is 7. The summed E-state index contributed by atoms with van der Waals surface area (Å²) in [4.78, 5) is 24.1. The van der Waals surface area contributed by atoms with Crippen LogP contribution in [0.15, 0.2) is 30.3 Å². The zero-order valence-corrected chi connectivity index (χ0v) is 13.9. The molecule has 0 radical (unpaired) electrons. The highest BCUT2D eigenvalue weighted by Gasteiger charge is 2.33. The first-order valence-electron chi connectivity index (χ1n) is 7.16. The molecule has 0 aliphatic rings. The second-order valence-electron chi connectivity index (χ2n) is 4.79. The number of esters is 2. The molecular weight excluding hydrogens is 304 g/mol. The molecule has 0 heterocycles. The fourth-order valence-corrected chi connectivity index (χ4v) is 2.22. The number of ether oxygens (including phenoxy) is 2. The zero-order valence-electron chi connectivity index (χ0n) is 13.1. The molecule has 1 aromatic carbocycles. The minimum Gasteiger partial charge on any atom is -0.468 e. The number of hydrogen-bond acceptors (Lipinski definition) is 4. The molecule has 1 aromatic rings. The Morgan fingerprint density at radius 2 is 1.68 bits per heavy atom. The molecule has 1 rings (SSSR count). The molecule has 0 fully saturated rings. The van der Waals surface area contributed by atoms with E-state index in [4.69, 9.17) is 21.1 Å². The summed E-state index contributed by atoms with van der Waals surface area (Å²) in [5.74, 6) is -2.36. The zero-order chi connectivity index (χ0) is 16.5. The molecule has 4 nitrogen and oxygen atoms in total. The van der Waals surface area contributed by atoms with Crippen LogP contribution in [0.5, 0.6) is 0 Å². The van der Waals surface area contributed by atoms with Gasteiger partial charge in [-0.1, -0.05) is 49.6 Å². The van der Waals surface area contributed by atoms with Crippen LogP contribution in [-0.4, -0.2) is 26.2 Å². The van der Waals surface area contributed by atoms with E-state index in [2.05, 4.69) is 6.92 Å². The second-order valence-corrected chi connectivity index (χ2v) is 5.22. The van der Waals surface area contributed by atoms with Crippen molar-refractivity contribution in [1.29, 1.82) is 0 Å². The topological polar surface area (TPSA) is 52.6 Å². The maximum Gasteiger partial charge on any atom is 0.324 e. The number of methoxy groups -OCH3 is 2. The Hall–Kier alpha value is -1.81. The quantitative estimate of drug-likeness (QED) is 0.434. The van der Waals surface area contributed by atoms with E-state index in [9.17, 15) is 9.59 Å². The molecular formula is C17H21ClO4. The molecule has 0 unspecified atom stereocenters. The molecule has 0 aliphatic heterocycles. The number of hydrogen-bond donors (Lipinski definition) is 0. The number of allylic oxidation sites excluding steroid dienone is 1. The van der Waals surface area contributed by atoms with Gasteiger partial charge in [-0.15, -0.1) is 0 Å². The van der Waals surface area contributed by atoms with Crippen LogP contribution in [0.25, 0.3) is 5.57 Å². The van der Waals surface area contributed by atoms with Gasteiger partial charge in [-0.2, -0.15) is 0 Å². The average Bonchev–Trinajstić information content (AvgIpc) is 2.54. The van der Waals surface area contributed by atoms with Crippen molar-refractivity contribution in [2.75, 3.05) is 14.2 Å². The Morgan fingerprint density at radius 3 is 2.14 bits per heavy atom. The number of unbranched alkanes of at least 4 members (excludes halogenated alkanes) is 2. The van der Waals surface area contributed by atoms with Gasteiger partial charge in [0.1, 0.15) is 0 Å². The molecule has 22 heavy (non-hydrogen) atoms. The number of carbonyl (C=O) groups excluding carboxylic acids is 2. The van der Waals surface area contributed by atoms with Gasteiger partial charge in [-0.3, -0.25) is 9.59 Å². The Bertz CT molecular complexity index is 518. The Balaban J connectivity index is 3.26. The lowest BCUT2D eigenvalue weighted by molar-refractivity contribution is -0.155. The molecule has 5 heteroatoms. The summed E-state index contributed by atoms with van der Waals surface area (Å²) in [7, 11) is 2.51. The van der Waals surface area contributed by atoms with E-state index in [1.807, 2.05) is 6.08 Å². The van der Waals surface area contributed by atoms with Crippen molar-refractivity contribution in [2.45, 2.75) is 26.2 Å². The van der Waals surface area contributed by atoms with Crippen LogP contribution in [0, 0.1) is 5.92 Å². The Morgan fingerprint density at radius 1 is 1.14 bits per heavy atom. The standard InChI is InChI=1S/C17H21ClO4/c1-4-5-6-7-14(12-8-10-13(18)11-9-12)15(16(19)21-2)17(20)22-3/h7-11,15H,4-6H2,1-3H3/b14-7+. The first-order valence-corrected chi connectivity index (χ1v) is 7.54. The number of halogens is 1. The third-order valence-corrected chi connectivity index (χ3v) is 3.54. The van der Waals surface area contributed by atoms with Crippen LogP contribution in [0.2, 0.25) is 5.02 Å². The third-order valence-electron chi connectivity index (χ3n) is 3.28. The summed E-state index contributed by atoms with van der Waals surface area (Å²) in [5.41, 5.74) is 1.34. The predicted octanol–water partition coefficient (Wildman–Crippen LogP) is 3.88. The molecule has 0 aromatic heterocycles. The largest absolute Gasteiger partial charge is 0.468 e. The van der Waals surface area contributed by atoms with E-state index in [0.29, 0.717) is 10.6 Å². The Labute approximate surface area is 136 Å².